The highest BCUT2D eigenvalue weighted by Gasteiger charge is 2.06. The molecule has 1 unspecified atom stereocenters. The van der Waals surface area contributed by atoms with Crippen LogP contribution >= 0.6 is 0 Å². The van der Waals surface area contributed by atoms with Crippen LogP contribution in [0.25, 0.3) is 0 Å². The normalized spacial score (nSPS) is 12.9. The van der Waals surface area contributed by atoms with Gasteiger partial charge < -0.3 is 10.1 Å². The van der Waals surface area contributed by atoms with Gasteiger partial charge in [0, 0.05) is 6.54 Å². The van der Waals surface area contributed by atoms with Crippen molar-refractivity contribution in [2.24, 2.45) is 11.8 Å². The second kappa shape index (κ2) is 7.80. The van der Waals surface area contributed by atoms with E-state index in [2.05, 4.69) is 30.8 Å². The Kier molecular flexibility index (Phi) is 7.48. The van der Waals surface area contributed by atoms with Gasteiger partial charge in [0.15, 0.2) is 0 Å². The lowest BCUT2D eigenvalue weighted by Crippen LogP contribution is -2.22. The number of esters is 1. The minimum Gasteiger partial charge on any atom is -0.469 e. The highest BCUT2D eigenvalue weighted by Crippen LogP contribution is 2.12. The summed E-state index contributed by atoms with van der Waals surface area (Å²) in [5.74, 6) is 1.33. The van der Waals surface area contributed by atoms with Crippen LogP contribution in [-0.4, -0.2) is 26.2 Å². The van der Waals surface area contributed by atoms with Gasteiger partial charge in [0.2, 0.25) is 0 Å². The highest BCUT2D eigenvalue weighted by molar-refractivity contribution is 5.69. The third kappa shape index (κ3) is 6.89. The lowest BCUT2D eigenvalue weighted by molar-refractivity contribution is -0.140. The van der Waals surface area contributed by atoms with Crippen LogP contribution in [-0.2, 0) is 9.53 Å². The van der Waals surface area contributed by atoms with Crippen LogP contribution in [0.4, 0.5) is 0 Å². The average Bonchev–Trinajstić information content (AvgIpc) is 2.16. The summed E-state index contributed by atoms with van der Waals surface area (Å²) in [5, 5.41) is 3.24. The molecule has 0 radical (unpaired) electrons. The second-order valence-corrected chi connectivity index (χ2v) is 4.09. The van der Waals surface area contributed by atoms with Crippen molar-refractivity contribution in [2.45, 2.75) is 33.6 Å². The summed E-state index contributed by atoms with van der Waals surface area (Å²) in [6.07, 6.45) is 1.63. The molecule has 0 fully saturated rings. The molecule has 1 N–H and O–H groups in total. The standard InChI is InChI=1S/C11H23NO2/c1-9(2)10(3)5-7-12-8-6-11(13)14-4/h9-10,12H,5-8H2,1-4H3. The first-order chi connectivity index (χ1) is 6.57. The first-order valence-corrected chi connectivity index (χ1v) is 5.35. The molecule has 0 saturated carbocycles. The third-order valence-corrected chi connectivity index (χ3v) is 2.65. The Hall–Kier alpha value is -0.570. The molecule has 0 saturated heterocycles. The topological polar surface area (TPSA) is 38.3 Å². The second-order valence-electron chi connectivity index (χ2n) is 4.09. The maximum Gasteiger partial charge on any atom is 0.306 e. The van der Waals surface area contributed by atoms with E-state index in [1.165, 1.54) is 13.5 Å². The summed E-state index contributed by atoms with van der Waals surface area (Å²) in [6, 6.07) is 0. The van der Waals surface area contributed by atoms with Crippen molar-refractivity contribution in [3.63, 3.8) is 0 Å². The zero-order valence-electron chi connectivity index (χ0n) is 9.80. The third-order valence-electron chi connectivity index (χ3n) is 2.65. The van der Waals surface area contributed by atoms with Crippen LogP contribution in [0.3, 0.4) is 0 Å². The summed E-state index contributed by atoms with van der Waals surface area (Å²) in [4.78, 5) is 10.8. The first-order valence-electron chi connectivity index (χ1n) is 5.35. The van der Waals surface area contributed by atoms with Gasteiger partial charge in [0.05, 0.1) is 13.5 Å². The molecule has 0 aliphatic rings. The molecule has 0 aliphatic heterocycles. The monoisotopic (exact) mass is 201 g/mol. The van der Waals surface area contributed by atoms with Crippen LogP contribution in [0, 0.1) is 11.8 Å². The lowest BCUT2D eigenvalue weighted by atomic mass is 9.95. The molecule has 0 aromatic carbocycles. The Morgan fingerprint density at radius 3 is 2.43 bits per heavy atom. The molecule has 0 rings (SSSR count). The van der Waals surface area contributed by atoms with E-state index >= 15 is 0 Å². The van der Waals surface area contributed by atoms with Gasteiger partial charge in [0.1, 0.15) is 0 Å². The number of carbonyl (C=O) groups is 1. The minimum atomic E-state index is -0.144. The number of ether oxygens (including phenoxy) is 1. The number of hydrogen-bond donors (Lipinski definition) is 1. The molecular formula is C11H23NO2. The van der Waals surface area contributed by atoms with Crippen LogP contribution in [0.1, 0.15) is 33.6 Å². The first kappa shape index (κ1) is 13.4. The Morgan fingerprint density at radius 1 is 1.29 bits per heavy atom. The molecule has 1 atom stereocenters. The van der Waals surface area contributed by atoms with Crippen LogP contribution in [0.2, 0.25) is 0 Å². The van der Waals surface area contributed by atoms with Crippen molar-refractivity contribution in [1.82, 2.24) is 5.32 Å². The summed E-state index contributed by atoms with van der Waals surface area (Å²) in [5.41, 5.74) is 0. The quantitative estimate of drug-likeness (QED) is 0.504. The Morgan fingerprint density at radius 2 is 1.93 bits per heavy atom. The fourth-order valence-corrected chi connectivity index (χ4v) is 1.08. The van der Waals surface area contributed by atoms with Crippen molar-refractivity contribution in [3.8, 4) is 0 Å². The highest BCUT2D eigenvalue weighted by atomic mass is 16.5. The maximum atomic E-state index is 10.8. The maximum absolute atomic E-state index is 10.8. The van der Waals surface area contributed by atoms with Crippen LogP contribution < -0.4 is 5.32 Å². The van der Waals surface area contributed by atoms with Gasteiger partial charge in [-0.15, -0.1) is 0 Å². The zero-order valence-corrected chi connectivity index (χ0v) is 9.80. The molecule has 84 valence electrons. The fraction of sp³-hybridized carbons (Fsp3) is 0.909. The molecular weight excluding hydrogens is 178 g/mol. The van der Waals surface area contributed by atoms with Gasteiger partial charge in [0.25, 0.3) is 0 Å². The molecule has 0 aromatic rings. The molecule has 0 spiro atoms. The van der Waals surface area contributed by atoms with E-state index < -0.39 is 0 Å². The zero-order chi connectivity index (χ0) is 11.0. The molecule has 0 amide bonds. The van der Waals surface area contributed by atoms with Gasteiger partial charge in [-0.1, -0.05) is 20.8 Å². The molecule has 3 heteroatoms. The van der Waals surface area contributed by atoms with Crippen molar-refractivity contribution in [3.05, 3.63) is 0 Å². The van der Waals surface area contributed by atoms with E-state index in [1.54, 1.807) is 0 Å². The van der Waals surface area contributed by atoms with Gasteiger partial charge in [-0.2, -0.15) is 0 Å². The van der Waals surface area contributed by atoms with E-state index in [0.29, 0.717) is 6.42 Å². The molecule has 0 heterocycles. The fourth-order valence-electron chi connectivity index (χ4n) is 1.08. The van der Waals surface area contributed by atoms with Gasteiger partial charge in [-0.05, 0) is 24.8 Å². The van der Waals surface area contributed by atoms with Crippen LogP contribution in [0.5, 0.6) is 0 Å². The number of rotatable bonds is 7. The number of nitrogens with one attached hydrogen (secondary N) is 1. The van der Waals surface area contributed by atoms with Crippen LogP contribution in [0.15, 0.2) is 0 Å². The Labute approximate surface area is 87.2 Å². The predicted octanol–water partition coefficient (Wildman–Crippen LogP) is 1.82. The number of carbonyl (C=O) groups excluding carboxylic acids is 1. The van der Waals surface area contributed by atoms with Crippen molar-refractivity contribution in [1.29, 1.82) is 0 Å². The SMILES string of the molecule is COC(=O)CCNCCC(C)C(C)C. The van der Waals surface area contributed by atoms with E-state index in [0.717, 1.165) is 24.9 Å². The van der Waals surface area contributed by atoms with Gasteiger partial charge in [-0.3, -0.25) is 4.79 Å². The summed E-state index contributed by atoms with van der Waals surface area (Å²) >= 11 is 0. The van der Waals surface area contributed by atoms with E-state index in [9.17, 15) is 4.79 Å². The van der Waals surface area contributed by atoms with Gasteiger partial charge in [-0.25, -0.2) is 0 Å². The molecule has 14 heavy (non-hydrogen) atoms. The van der Waals surface area contributed by atoms with Gasteiger partial charge >= 0.3 is 5.97 Å². The predicted molar refractivity (Wildman–Crippen MR) is 58.1 cm³/mol. The van der Waals surface area contributed by atoms with Crippen molar-refractivity contribution in [2.75, 3.05) is 20.2 Å². The Bertz CT molecular complexity index is 157. The van der Waals surface area contributed by atoms with Crippen molar-refractivity contribution >= 4 is 5.97 Å². The smallest absolute Gasteiger partial charge is 0.306 e. The summed E-state index contributed by atoms with van der Waals surface area (Å²) < 4.78 is 4.54. The molecule has 0 aromatic heterocycles. The molecule has 3 nitrogen and oxygen atoms in total. The lowest BCUT2D eigenvalue weighted by Gasteiger charge is -2.15. The molecule has 0 aliphatic carbocycles. The summed E-state index contributed by atoms with van der Waals surface area (Å²) in [6.45, 7) is 8.43. The van der Waals surface area contributed by atoms with Crippen molar-refractivity contribution < 1.29 is 9.53 Å². The Balaban J connectivity index is 3.25. The van der Waals surface area contributed by atoms with E-state index in [1.807, 2.05) is 0 Å². The minimum absolute atomic E-state index is 0.144. The average molecular weight is 201 g/mol. The number of hydrogen-bond acceptors (Lipinski definition) is 3. The largest absolute Gasteiger partial charge is 0.469 e. The number of methoxy groups -OCH3 is 1. The summed E-state index contributed by atoms with van der Waals surface area (Å²) in [7, 11) is 1.42. The van der Waals surface area contributed by atoms with E-state index in [-0.39, 0.29) is 5.97 Å². The van der Waals surface area contributed by atoms with E-state index in [4.69, 9.17) is 0 Å². The molecule has 0 bridgehead atoms.